The van der Waals surface area contributed by atoms with Crippen LogP contribution in [0.25, 0.3) is 0 Å². The summed E-state index contributed by atoms with van der Waals surface area (Å²) >= 11 is 5.52. The fourth-order valence-corrected chi connectivity index (χ4v) is 2.15. The van der Waals surface area contributed by atoms with Crippen LogP contribution >= 0.6 is 11.6 Å². The minimum atomic E-state index is -4.61. The molecule has 0 bridgehead atoms. The van der Waals surface area contributed by atoms with Gasteiger partial charge >= 0.3 is 6.18 Å². The molecule has 0 aliphatic heterocycles. The van der Waals surface area contributed by atoms with Gasteiger partial charge in [0.2, 0.25) is 11.7 Å². The predicted molar refractivity (Wildman–Crippen MR) is 59.5 cm³/mol. The second kappa shape index (κ2) is 5.30. The summed E-state index contributed by atoms with van der Waals surface area (Å²) in [5.41, 5.74) is 0. The molecule has 0 spiro atoms. The Balaban J connectivity index is 2.05. The third-order valence-corrected chi connectivity index (χ3v) is 3.06. The molecule has 0 saturated heterocycles. The lowest BCUT2D eigenvalue weighted by atomic mass is 10.1. The summed E-state index contributed by atoms with van der Waals surface area (Å²) in [6.45, 7) is 0.380. The van der Waals surface area contributed by atoms with Crippen LogP contribution in [0.15, 0.2) is 6.07 Å². The fourth-order valence-electron chi connectivity index (χ4n) is 1.98. The van der Waals surface area contributed by atoms with Crippen molar-refractivity contribution < 1.29 is 17.9 Å². The summed E-state index contributed by atoms with van der Waals surface area (Å²) in [7, 11) is 0. The Morgan fingerprint density at radius 2 is 1.94 bits per heavy atom. The van der Waals surface area contributed by atoms with Crippen molar-refractivity contribution in [1.29, 1.82) is 0 Å². The van der Waals surface area contributed by atoms with Gasteiger partial charge in [0.15, 0.2) is 0 Å². The zero-order valence-corrected chi connectivity index (χ0v) is 10.3. The summed E-state index contributed by atoms with van der Waals surface area (Å²) in [6, 6.07) is 1.20. The minimum Gasteiger partial charge on any atom is -0.477 e. The molecule has 1 fully saturated rings. The van der Waals surface area contributed by atoms with Crippen LogP contribution in [-0.4, -0.2) is 16.6 Å². The van der Waals surface area contributed by atoms with Crippen LogP contribution < -0.4 is 4.74 Å². The number of nitrogens with zero attached hydrogens (tertiary/aromatic N) is 2. The Hall–Kier alpha value is -1.04. The highest BCUT2D eigenvalue weighted by atomic mass is 35.5. The van der Waals surface area contributed by atoms with Gasteiger partial charge in [-0.1, -0.05) is 24.4 Å². The lowest BCUT2D eigenvalue weighted by molar-refractivity contribution is -0.145. The molecule has 2 rings (SSSR count). The smallest absolute Gasteiger partial charge is 0.451 e. The number of ether oxygens (including phenoxy) is 1. The van der Waals surface area contributed by atoms with Gasteiger partial charge in [-0.3, -0.25) is 0 Å². The Morgan fingerprint density at radius 3 is 2.56 bits per heavy atom. The molecule has 100 valence electrons. The molecule has 1 heterocycles. The number of halogens is 4. The van der Waals surface area contributed by atoms with Gasteiger partial charge in [0.25, 0.3) is 0 Å². The highest BCUT2D eigenvalue weighted by molar-refractivity contribution is 6.29. The number of hydrogen-bond acceptors (Lipinski definition) is 3. The van der Waals surface area contributed by atoms with Crippen molar-refractivity contribution in [3.63, 3.8) is 0 Å². The van der Waals surface area contributed by atoms with Crippen LogP contribution in [-0.2, 0) is 6.18 Å². The molecule has 1 aromatic heterocycles. The van der Waals surface area contributed by atoms with Crippen LogP contribution in [0.5, 0.6) is 5.88 Å². The van der Waals surface area contributed by atoms with Gasteiger partial charge in [0, 0.05) is 6.07 Å². The van der Waals surface area contributed by atoms with Crippen molar-refractivity contribution in [2.24, 2.45) is 5.92 Å². The summed E-state index contributed by atoms with van der Waals surface area (Å²) in [6.07, 6.45) is -0.231. The van der Waals surface area contributed by atoms with Gasteiger partial charge in [-0.15, -0.1) is 0 Å². The molecular formula is C11H12ClF3N2O. The Morgan fingerprint density at radius 1 is 1.28 bits per heavy atom. The second-order valence-electron chi connectivity index (χ2n) is 4.31. The van der Waals surface area contributed by atoms with Gasteiger partial charge in [0.05, 0.1) is 6.61 Å². The summed E-state index contributed by atoms with van der Waals surface area (Å²) in [5, 5.41) is -0.265. The molecule has 1 saturated carbocycles. The van der Waals surface area contributed by atoms with E-state index in [1.54, 1.807) is 0 Å². The van der Waals surface area contributed by atoms with Gasteiger partial charge in [-0.2, -0.15) is 18.2 Å². The molecule has 7 heteroatoms. The first-order valence-electron chi connectivity index (χ1n) is 5.70. The average Bonchev–Trinajstić information content (AvgIpc) is 2.77. The van der Waals surface area contributed by atoms with E-state index in [1.807, 2.05) is 0 Å². The highest BCUT2D eigenvalue weighted by Gasteiger charge is 2.35. The number of hydrogen-bond donors (Lipinski definition) is 0. The zero-order chi connectivity index (χ0) is 13.2. The number of alkyl halides is 3. The third kappa shape index (κ3) is 3.48. The molecule has 0 aromatic carbocycles. The molecular weight excluding hydrogens is 269 g/mol. The molecule has 3 nitrogen and oxygen atoms in total. The predicted octanol–water partition coefficient (Wildman–Crippen LogP) is 3.72. The van der Waals surface area contributed by atoms with E-state index in [9.17, 15) is 13.2 Å². The first-order valence-corrected chi connectivity index (χ1v) is 6.07. The largest absolute Gasteiger partial charge is 0.477 e. The first-order chi connectivity index (χ1) is 8.45. The van der Waals surface area contributed by atoms with Gasteiger partial charge in [-0.25, -0.2) is 4.98 Å². The zero-order valence-electron chi connectivity index (χ0n) is 9.50. The molecule has 1 aliphatic carbocycles. The van der Waals surface area contributed by atoms with Crippen LogP contribution in [0.3, 0.4) is 0 Å². The van der Waals surface area contributed by atoms with Gasteiger partial charge in [-0.05, 0) is 18.8 Å². The van der Waals surface area contributed by atoms with Crippen molar-refractivity contribution in [2.75, 3.05) is 6.61 Å². The molecule has 18 heavy (non-hydrogen) atoms. The lowest BCUT2D eigenvalue weighted by Gasteiger charge is -2.12. The van der Waals surface area contributed by atoms with Crippen molar-refractivity contribution in [2.45, 2.75) is 31.9 Å². The van der Waals surface area contributed by atoms with E-state index in [2.05, 4.69) is 9.97 Å². The molecule has 0 radical (unpaired) electrons. The maximum atomic E-state index is 12.4. The van der Waals surface area contributed by atoms with Gasteiger partial charge in [0.1, 0.15) is 5.15 Å². The fraction of sp³-hybridized carbons (Fsp3) is 0.636. The van der Waals surface area contributed by atoms with Crippen LogP contribution in [0.2, 0.25) is 5.15 Å². The van der Waals surface area contributed by atoms with Crippen LogP contribution in [0.1, 0.15) is 31.5 Å². The maximum Gasteiger partial charge on any atom is 0.451 e. The van der Waals surface area contributed by atoms with E-state index in [0.717, 1.165) is 25.7 Å². The normalized spacial score (nSPS) is 17.1. The topological polar surface area (TPSA) is 35.0 Å². The summed E-state index contributed by atoms with van der Waals surface area (Å²) < 4.78 is 42.6. The average molecular weight is 281 g/mol. The van der Waals surface area contributed by atoms with Gasteiger partial charge < -0.3 is 4.74 Å². The first kappa shape index (κ1) is 13.4. The Kier molecular flexibility index (Phi) is 3.94. The van der Waals surface area contributed by atoms with Crippen molar-refractivity contribution in [1.82, 2.24) is 9.97 Å². The molecule has 0 N–H and O–H groups in total. The van der Waals surface area contributed by atoms with Crippen molar-refractivity contribution in [3.05, 3.63) is 17.0 Å². The van der Waals surface area contributed by atoms with E-state index >= 15 is 0 Å². The van der Waals surface area contributed by atoms with E-state index in [-0.39, 0.29) is 11.0 Å². The molecule has 0 amide bonds. The van der Waals surface area contributed by atoms with Crippen LogP contribution in [0.4, 0.5) is 13.2 Å². The van der Waals surface area contributed by atoms with E-state index in [4.69, 9.17) is 16.3 Å². The second-order valence-corrected chi connectivity index (χ2v) is 4.70. The summed E-state index contributed by atoms with van der Waals surface area (Å²) in [5.74, 6) is -0.987. The van der Waals surface area contributed by atoms with Crippen LogP contribution in [0, 0.1) is 5.92 Å². The van der Waals surface area contributed by atoms with E-state index in [1.165, 1.54) is 6.07 Å². The van der Waals surface area contributed by atoms with Crippen molar-refractivity contribution in [3.8, 4) is 5.88 Å². The molecule has 1 aliphatic rings. The molecule has 0 atom stereocenters. The maximum absolute atomic E-state index is 12.4. The lowest BCUT2D eigenvalue weighted by Crippen LogP contribution is -2.14. The highest BCUT2D eigenvalue weighted by Crippen LogP contribution is 2.30. The van der Waals surface area contributed by atoms with Crippen molar-refractivity contribution >= 4 is 11.6 Å². The quantitative estimate of drug-likeness (QED) is 0.792. The Bertz CT molecular complexity index is 419. The van der Waals surface area contributed by atoms with E-state index < -0.39 is 12.0 Å². The standard InChI is InChI=1S/C11H12ClF3N2O/c12-8-5-9(17-10(16-8)11(13,14)15)18-6-7-3-1-2-4-7/h5,7H,1-4,6H2. The Labute approximate surface area is 107 Å². The number of rotatable bonds is 3. The van der Waals surface area contributed by atoms with E-state index in [0.29, 0.717) is 12.5 Å². The molecule has 0 unspecified atom stereocenters. The third-order valence-electron chi connectivity index (χ3n) is 2.87. The monoisotopic (exact) mass is 280 g/mol. The number of aromatic nitrogens is 2. The SMILES string of the molecule is FC(F)(F)c1nc(Cl)cc(OCC2CCCC2)n1. The minimum absolute atomic E-state index is 0.116. The summed E-state index contributed by atoms with van der Waals surface area (Å²) in [4.78, 5) is 6.46. The molecule has 1 aromatic rings.